The molecule has 0 aliphatic carbocycles. The largest absolute Gasteiger partial charge is 0.270 e. The fourth-order valence-corrected chi connectivity index (χ4v) is 1.72. The molecule has 0 amide bonds. The van der Waals surface area contributed by atoms with Gasteiger partial charge in [-0.2, -0.15) is 0 Å². The Hall–Kier alpha value is -1.49. The van der Waals surface area contributed by atoms with Crippen molar-refractivity contribution in [1.82, 2.24) is 10.2 Å². The van der Waals surface area contributed by atoms with Crippen LogP contribution in [-0.4, -0.2) is 16.5 Å². The van der Waals surface area contributed by atoms with Crippen LogP contribution in [0.4, 0.5) is 0 Å². The van der Waals surface area contributed by atoms with E-state index >= 15 is 0 Å². The van der Waals surface area contributed by atoms with Crippen molar-refractivity contribution in [1.29, 1.82) is 0 Å². The number of hydrogen-bond acceptors (Lipinski definition) is 3. The number of fused-ring (bicyclic) bond motifs is 1. The van der Waals surface area contributed by atoms with E-state index in [-0.39, 0.29) is 11.1 Å². The van der Waals surface area contributed by atoms with Gasteiger partial charge in [-0.3, -0.25) is 19.8 Å². The second-order valence-corrected chi connectivity index (χ2v) is 3.70. The van der Waals surface area contributed by atoms with Crippen LogP contribution in [0.5, 0.6) is 0 Å². The van der Waals surface area contributed by atoms with Crippen molar-refractivity contribution in [3.05, 3.63) is 38.9 Å². The molecule has 0 saturated heterocycles. The quantitative estimate of drug-likeness (QED) is 0.685. The molecular weight excluding hydrogens is 200 g/mol. The van der Waals surface area contributed by atoms with E-state index in [4.69, 9.17) is 0 Å². The molecule has 14 heavy (non-hydrogen) atoms. The molecule has 0 spiro atoms. The maximum atomic E-state index is 11.4. The zero-order valence-electron chi connectivity index (χ0n) is 7.46. The summed E-state index contributed by atoms with van der Waals surface area (Å²) in [5.74, 6) is 0. The van der Waals surface area contributed by atoms with E-state index in [2.05, 4.69) is 10.2 Å². The zero-order valence-corrected chi connectivity index (χ0v) is 8.27. The molecule has 1 aromatic heterocycles. The second kappa shape index (κ2) is 3.34. The van der Waals surface area contributed by atoms with Gasteiger partial charge < -0.3 is 0 Å². The molecule has 1 heterocycles. The Morgan fingerprint density at radius 2 is 1.71 bits per heavy atom. The van der Waals surface area contributed by atoms with Gasteiger partial charge in [-0.25, -0.2) is 0 Å². The van der Waals surface area contributed by atoms with Crippen LogP contribution in [0.25, 0.3) is 10.8 Å². The molecule has 5 heteroatoms. The first-order valence-electron chi connectivity index (χ1n) is 4.01. The first-order valence-corrected chi connectivity index (χ1v) is 5.23. The van der Waals surface area contributed by atoms with Gasteiger partial charge in [0.05, 0.1) is 10.8 Å². The SMILES string of the molecule is CSc1ccc2c(=O)[nH][nH]c(=O)c2c1. The van der Waals surface area contributed by atoms with Gasteiger partial charge in [0.25, 0.3) is 11.1 Å². The van der Waals surface area contributed by atoms with Gasteiger partial charge in [0.15, 0.2) is 0 Å². The Bertz CT molecular complexity index is 585. The number of aromatic amines is 2. The number of rotatable bonds is 1. The highest BCUT2D eigenvalue weighted by Crippen LogP contribution is 2.17. The summed E-state index contributed by atoms with van der Waals surface area (Å²) in [6.45, 7) is 0. The Labute approximate surface area is 83.3 Å². The van der Waals surface area contributed by atoms with E-state index < -0.39 is 0 Å². The Balaban J connectivity index is 2.94. The van der Waals surface area contributed by atoms with Gasteiger partial charge >= 0.3 is 0 Å². The Morgan fingerprint density at radius 3 is 2.36 bits per heavy atom. The highest BCUT2D eigenvalue weighted by molar-refractivity contribution is 7.98. The van der Waals surface area contributed by atoms with Crippen LogP contribution in [0.15, 0.2) is 32.7 Å². The van der Waals surface area contributed by atoms with E-state index in [0.717, 1.165) is 4.90 Å². The molecule has 0 saturated carbocycles. The van der Waals surface area contributed by atoms with Gasteiger partial charge in [-0.15, -0.1) is 11.8 Å². The first-order chi connectivity index (χ1) is 6.72. The minimum Gasteiger partial charge on any atom is -0.267 e. The van der Waals surface area contributed by atoms with Crippen molar-refractivity contribution < 1.29 is 0 Å². The molecule has 2 rings (SSSR count). The number of thioether (sulfide) groups is 1. The minimum absolute atomic E-state index is 0.268. The summed E-state index contributed by atoms with van der Waals surface area (Å²) in [7, 11) is 0. The average molecular weight is 208 g/mol. The summed E-state index contributed by atoms with van der Waals surface area (Å²) in [5.41, 5.74) is -0.539. The van der Waals surface area contributed by atoms with Crippen molar-refractivity contribution in [2.45, 2.75) is 4.90 Å². The third kappa shape index (κ3) is 1.35. The summed E-state index contributed by atoms with van der Waals surface area (Å²) in [4.78, 5) is 23.6. The summed E-state index contributed by atoms with van der Waals surface area (Å²) in [5, 5.41) is 5.43. The van der Waals surface area contributed by atoms with E-state index in [1.807, 2.05) is 12.3 Å². The van der Waals surface area contributed by atoms with Gasteiger partial charge in [-0.05, 0) is 24.5 Å². The van der Waals surface area contributed by atoms with Gasteiger partial charge in [0.2, 0.25) is 0 Å². The summed E-state index contributed by atoms with van der Waals surface area (Å²) in [6.07, 6.45) is 1.92. The van der Waals surface area contributed by atoms with Crippen LogP contribution in [0.3, 0.4) is 0 Å². The van der Waals surface area contributed by atoms with Crippen LogP contribution < -0.4 is 11.1 Å². The summed E-state index contributed by atoms with van der Waals surface area (Å²) in [6, 6.07) is 5.20. The molecule has 0 unspecified atom stereocenters. The lowest BCUT2D eigenvalue weighted by atomic mass is 10.2. The fourth-order valence-electron chi connectivity index (χ4n) is 1.28. The molecular formula is C9H8N2O2S. The fraction of sp³-hybridized carbons (Fsp3) is 0.111. The minimum atomic E-state index is -0.271. The molecule has 0 bridgehead atoms. The molecule has 2 aromatic rings. The molecule has 0 aliphatic heterocycles. The van der Waals surface area contributed by atoms with Crippen molar-refractivity contribution in [3.63, 3.8) is 0 Å². The van der Waals surface area contributed by atoms with Crippen molar-refractivity contribution >= 4 is 22.5 Å². The zero-order chi connectivity index (χ0) is 10.1. The third-order valence-corrected chi connectivity index (χ3v) is 2.73. The van der Waals surface area contributed by atoms with Crippen molar-refractivity contribution in [2.75, 3.05) is 6.26 Å². The molecule has 1 aromatic carbocycles. The van der Waals surface area contributed by atoms with Crippen LogP contribution >= 0.6 is 11.8 Å². The molecule has 0 fully saturated rings. The Morgan fingerprint density at radius 1 is 1.07 bits per heavy atom. The average Bonchev–Trinajstić information content (AvgIpc) is 2.23. The number of H-pyrrole nitrogens is 2. The van der Waals surface area contributed by atoms with Crippen LogP contribution in [0.2, 0.25) is 0 Å². The van der Waals surface area contributed by atoms with E-state index in [0.29, 0.717) is 10.8 Å². The van der Waals surface area contributed by atoms with Crippen LogP contribution in [0.1, 0.15) is 0 Å². The normalized spacial score (nSPS) is 10.6. The van der Waals surface area contributed by atoms with Crippen LogP contribution in [0, 0.1) is 0 Å². The smallest absolute Gasteiger partial charge is 0.267 e. The molecule has 4 nitrogen and oxygen atoms in total. The molecule has 0 radical (unpaired) electrons. The predicted octanol–water partition coefficient (Wildman–Crippen LogP) is 0.938. The van der Waals surface area contributed by atoms with Gasteiger partial charge in [-0.1, -0.05) is 0 Å². The Kier molecular flexibility index (Phi) is 2.17. The number of aromatic nitrogens is 2. The number of hydrogen-bond donors (Lipinski definition) is 2. The van der Waals surface area contributed by atoms with Gasteiger partial charge in [0, 0.05) is 4.90 Å². The lowest BCUT2D eigenvalue weighted by Gasteiger charge is -1.98. The van der Waals surface area contributed by atoms with Gasteiger partial charge in [0.1, 0.15) is 0 Å². The lowest BCUT2D eigenvalue weighted by molar-refractivity contribution is 0.975. The summed E-state index contributed by atoms with van der Waals surface area (Å²) >= 11 is 1.53. The van der Waals surface area contributed by atoms with E-state index in [9.17, 15) is 9.59 Å². The molecule has 0 aliphatic rings. The van der Waals surface area contributed by atoms with Crippen molar-refractivity contribution in [3.8, 4) is 0 Å². The third-order valence-electron chi connectivity index (χ3n) is 2.01. The van der Waals surface area contributed by atoms with Crippen LogP contribution in [-0.2, 0) is 0 Å². The topological polar surface area (TPSA) is 65.7 Å². The molecule has 72 valence electrons. The standard InChI is InChI=1S/C9H8N2O2S/c1-14-5-2-3-6-7(4-5)9(13)11-10-8(6)12/h2-4H,1H3,(H,10,12)(H,11,13). The van der Waals surface area contributed by atoms with E-state index in [1.165, 1.54) is 11.8 Å². The summed E-state index contributed by atoms with van der Waals surface area (Å²) < 4.78 is 0. The number of nitrogens with one attached hydrogen (secondary N) is 2. The molecule has 0 atom stereocenters. The highest BCUT2D eigenvalue weighted by atomic mass is 32.2. The van der Waals surface area contributed by atoms with Crippen molar-refractivity contribution in [2.24, 2.45) is 0 Å². The predicted molar refractivity (Wildman–Crippen MR) is 57.0 cm³/mol. The first kappa shape index (κ1) is 9.08. The lowest BCUT2D eigenvalue weighted by Crippen LogP contribution is -2.18. The maximum absolute atomic E-state index is 11.4. The monoisotopic (exact) mass is 208 g/mol. The molecule has 2 N–H and O–H groups in total. The number of benzene rings is 1. The van der Waals surface area contributed by atoms with E-state index in [1.54, 1.807) is 12.1 Å². The highest BCUT2D eigenvalue weighted by Gasteiger charge is 2.02. The second-order valence-electron chi connectivity index (χ2n) is 2.82. The maximum Gasteiger partial charge on any atom is 0.270 e.